The Morgan fingerprint density at radius 1 is 1.24 bits per heavy atom. The normalized spacial score (nSPS) is 48.5. The molecule has 0 aliphatic heterocycles. The zero-order chi connectivity index (χ0) is 12.2. The summed E-state index contributed by atoms with van der Waals surface area (Å²) in [7, 11) is 0. The number of aliphatic hydroxyl groups excluding tert-OH is 1. The number of carbonyl (C=O) groups is 1. The van der Waals surface area contributed by atoms with Crippen LogP contribution in [0.15, 0.2) is 11.6 Å². The molecule has 0 aromatic carbocycles. The molecule has 17 heavy (non-hydrogen) atoms. The third-order valence-electron chi connectivity index (χ3n) is 5.13. The highest BCUT2D eigenvalue weighted by atomic mass is 16.4. The molecule has 0 saturated heterocycles. The summed E-state index contributed by atoms with van der Waals surface area (Å²) in [4.78, 5) is 11.0. The molecular weight excluding hydrogens is 216 g/mol. The van der Waals surface area contributed by atoms with Crippen LogP contribution in [0.4, 0.5) is 0 Å². The molecule has 0 radical (unpaired) electrons. The van der Waals surface area contributed by atoms with Gasteiger partial charge in [0.1, 0.15) is 0 Å². The fourth-order valence-corrected chi connectivity index (χ4v) is 4.76. The van der Waals surface area contributed by atoms with E-state index in [2.05, 4.69) is 0 Å². The Morgan fingerprint density at radius 3 is 2.35 bits per heavy atom. The minimum absolute atomic E-state index is 0.0816. The van der Waals surface area contributed by atoms with Gasteiger partial charge in [0.05, 0.1) is 6.10 Å². The molecule has 3 nitrogen and oxygen atoms in total. The van der Waals surface area contributed by atoms with E-state index in [-0.39, 0.29) is 11.5 Å². The van der Waals surface area contributed by atoms with Crippen molar-refractivity contribution in [3.05, 3.63) is 11.6 Å². The van der Waals surface area contributed by atoms with E-state index >= 15 is 0 Å². The molecule has 0 spiro atoms. The van der Waals surface area contributed by atoms with Crippen molar-refractivity contribution in [3.8, 4) is 0 Å². The molecule has 4 fully saturated rings. The zero-order valence-corrected chi connectivity index (χ0v) is 10.2. The average Bonchev–Trinajstić information content (AvgIpc) is 2.23. The van der Waals surface area contributed by atoms with E-state index < -0.39 is 5.97 Å². The van der Waals surface area contributed by atoms with Crippen molar-refractivity contribution >= 4 is 5.97 Å². The Hall–Kier alpha value is -0.830. The summed E-state index contributed by atoms with van der Waals surface area (Å²) in [6, 6.07) is 0. The number of carboxylic acid groups (broad SMARTS) is 1. The molecule has 0 aromatic heterocycles. The maximum atomic E-state index is 11.0. The highest BCUT2D eigenvalue weighted by Crippen LogP contribution is 2.60. The number of carboxylic acids is 1. The molecule has 4 aliphatic carbocycles. The van der Waals surface area contributed by atoms with E-state index in [1.165, 1.54) is 0 Å². The van der Waals surface area contributed by atoms with Gasteiger partial charge in [-0.3, -0.25) is 0 Å². The van der Waals surface area contributed by atoms with Crippen molar-refractivity contribution in [3.63, 3.8) is 0 Å². The van der Waals surface area contributed by atoms with E-state index in [9.17, 15) is 9.90 Å². The van der Waals surface area contributed by atoms with Crippen LogP contribution in [0.25, 0.3) is 0 Å². The Bertz CT molecular complexity index is 369. The second kappa shape index (κ2) is 3.58. The zero-order valence-electron chi connectivity index (χ0n) is 10.2. The number of hydrogen-bond acceptors (Lipinski definition) is 2. The van der Waals surface area contributed by atoms with Crippen molar-refractivity contribution in [2.24, 2.45) is 23.2 Å². The van der Waals surface area contributed by atoms with E-state index in [0.717, 1.165) is 32.1 Å². The van der Waals surface area contributed by atoms with E-state index in [0.29, 0.717) is 23.3 Å². The highest BCUT2D eigenvalue weighted by molar-refractivity contribution is 5.85. The van der Waals surface area contributed by atoms with Crippen LogP contribution in [0.3, 0.4) is 0 Å². The lowest BCUT2D eigenvalue weighted by molar-refractivity contribution is -0.133. The molecule has 3 heteroatoms. The first kappa shape index (κ1) is 11.3. The number of aliphatic carboxylic acids is 1. The third kappa shape index (κ3) is 1.71. The average molecular weight is 236 g/mol. The summed E-state index contributed by atoms with van der Waals surface area (Å²) in [5.74, 6) is 0.744. The molecule has 2 unspecified atom stereocenters. The van der Waals surface area contributed by atoms with Crippen LogP contribution in [0.2, 0.25) is 0 Å². The van der Waals surface area contributed by atoms with Crippen molar-refractivity contribution in [1.82, 2.24) is 0 Å². The number of aliphatic hydroxyl groups is 1. The van der Waals surface area contributed by atoms with Crippen molar-refractivity contribution in [2.45, 2.75) is 45.1 Å². The summed E-state index contributed by atoms with van der Waals surface area (Å²) < 4.78 is 0. The summed E-state index contributed by atoms with van der Waals surface area (Å²) >= 11 is 0. The van der Waals surface area contributed by atoms with Gasteiger partial charge in [-0.15, -0.1) is 0 Å². The maximum absolute atomic E-state index is 11.0. The van der Waals surface area contributed by atoms with Crippen LogP contribution in [0.1, 0.15) is 39.0 Å². The lowest BCUT2D eigenvalue weighted by atomic mass is 9.48. The second-order valence-electron chi connectivity index (χ2n) is 6.46. The lowest BCUT2D eigenvalue weighted by Gasteiger charge is -2.58. The van der Waals surface area contributed by atoms with Gasteiger partial charge in [0.25, 0.3) is 0 Å². The van der Waals surface area contributed by atoms with Crippen LogP contribution >= 0.6 is 0 Å². The molecule has 4 aliphatic rings. The fraction of sp³-hybridized carbons (Fsp3) is 0.786. The number of rotatable bonds is 2. The first-order valence-corrected chi connectivity index (χ1v) is 6.60. The topological polar surface area (TPSA) is 57.5 Å². The minimum Gasteiger partial charge on any atom is -0.478 e. The van der Waals surface area contributed by atoms with E-state index in [1.54, 1.807) is 6.92 Å². The smallest absolute Gasteiger partial charge is 0.330 e. The molecule has 4 rings (SSSR count). The molecule has 0 aromatic rings. The minimum atomic E-state index is -0.804. The van der Waals surface area contributed by atoms with Crippen LogP contribution in [-0.4, -0.2) is 22.3 Å². The Balaban J connectivity index is 1.90. The van der Waals surface area contributed by atoms with E-state index in [1.807, 2.05) is 6.08 Å². The molecule has 4 bridgehead atoms. The monoisotopic (exact) mass is 236 g/mol. The van der Waals surface area contributed by atoms with Crippen LogP contribution in [0, 0.1) is 23.2 Å². The molecule has 4 saturated carbocycles. The third-order valence-corrected chi connectivity index (χ3v) is 5.13. The molecule has 0 heterocycles. The van der Waals surface area contributed by atoms with Gasteiger partial charge in [-0.1, -0.05) is 6.08 Å². The highest BCUT2D eigenvalue weighted by Gasteiger charge is 2.54. The van der Waals surface area contributed by atoms with Gasteiger partial charge in [-0.25, -0.2) is 4.79 Å². The summed E-state index contributed by atoms with van der Waals surface area (Å²) in [5, 5.41) is 19.2. The molecule has 0 amide bonds. The van der Waals surface area contributed by atoms with Crippen LogP contribution in [-0.2, 0) is 4.79 Å². The Morgan fingerprint density at radius 2 is 1.82 bits per heavy atom. The fourth-order valence-electron chi connectivity index (χ4n) is 4.76. The number of hydrogen-bond donors (Lipinski definition) is 2. The van der Waals surface area contributed by atoms with Crippen LogP contribution in [0.5, 0.6) is 0 Å². The van der Waals surface area contributed by atoms with Crippen molar-refractivity contribution in [1.29, 1.82) is 0 Å². The van der Waals surface area contributed by atoms with Gasteiger partial charge >= 0.3 is 5.97 Å². The second-order valence-corrected chi connectivity index (χ2v) is 6.46. The first-order chi connectivity index (χ1) is 7.99. The predicted octanol–water partition coefficient (Wildman–Crippen LogP) is 2.20. The van der Waals surface area contributed by atoms with Gasteiger partial charge in [0.2, 0.25) is 0 Å². The van der Waals surface area contributed by atoms with E-state index in [4.69, 9.17) is 5.11 Å². The Kier molecular flexibility index (Phi) is 2.37. The molecule has 94 valence electrons. The molecule has 2 N–H and O–H groups in total. The molecule has 2 atom stereocenters. The molecular formula is C14H20O3. The maximum Gasteiger partial charge on any atom is 0.330 e. The lowest BCUT2D eigenvalue weighted by Crippen LogP contribution is -2.52. The first-order valence-electron chi connectivity index (χ1n) is 6.60. The summed E-state index contributed by atoms with van der Waals surface area (Å²) in [6.45, 7) is 1.69. The van der Waals surface area contributed by atoms with Crippen LogP contribution < -0.4 is 0 Å². The van der Waals surface area contributed by atoms with Crippen molar-refractivity contribution in [2.75, 3.05) is 0 Å². The van der Waals surface area contributed by atoms with Gasteiger partial charge in [-0.05, 0) is 62.2 Å². The SMILES string of the molecule is C/C(=C\C12CC3CC(C1)C(O)C(C3)C2)C(=O)O. The largest absolute Gasteiger partial charge is 0.478 e. The summed E-state index contributed by atoms with van der Waals surface area (Å²) in [6.07, 6.45) is 7.29. The van der Waals surface area contributed by atoms with Gasteiger partial charge in [-0.2, -0.15) is 0 Å². The number of allylic oxidation sites excluding steroid dienone is 1. The predicted molar refractivity (Wildman–Crippen MR) is 63.4 cm³/mol. The van der Waals surface area contributed by atoms with Gasteiger partial charge < -0.3 is 10.2 Å². The Labute approximate surface area is 102 Å². The standard InChI is InChI=1S/C14H20O3/c1-8(13(16)17)4-14-5-9-2-10(6-14)12(15)11(3-9)7-14/h4,9-12,15H,2-3,5-7H2,1H3,(H,16,17)/b8-4+. The van der Waals surface area contributed by atoms with Gasteiger partial charge in [0.15, 0.2) is 0 Å². The van der Waals surface area contributed by atoms with Crippen molar-refractivity contribution < 1.29 is 15.0 Å². The van der Waals surface area contributed by atoms with Gasteiger partial charge in [0, 0.05) is 5.57 Å². The quantitative estimate of drug-likeness (QED) is 0.723. The summed E-state index contributed by atoms with van der Waals surface area (Å²) in [5.41, 5.74) is 0.555.